The van der Waals surface area contributed by atoms with Crippen LogP contribution in [0.5, 0.6) is 11.5 Å². The number of hydrazone groups is 1. The number of ether oxygens (including phenoxy) is 2. The highest BCUT2D eigenvalue weighted by Crippen LogP contribution is 2.27. The highest BCUT2D eigenvalue weighted by molar-refractivity contribution is 5.98. The fraction of sp³-hybridized carbons (Fsp3) is 0.160. The summed E-state index contributed by atoms with van der Waals surface area (Å²) >= 11 is 0. The molecule has 7 nitrogen and oxygen atoms in total. The summed E-state index contributed by atoms with van der Waals surface area (Å²) in [6.07, 6.45) is 1.85. The number of carbonyl (C=O) groups is 2. The predicted octanol–water partition coefficient (Wildman–Crippen LogP) is 2.72. The van der Waals surface area contributed by atoms with Crippen LogP contribution in [0.25, 0.3) is 0 Å². The van der Waals surface area contributed by atoms with E-state index in [2.05, 4.69) is 10.7 Å². The first-order chi connectivity index (χ1) is 15.6. The highest BCUT2D eigenvalue weighted by Gasteiger charge is 2.47. The summed E-state index contributed by atoms with van der Waals surface area (Å²) in [5.74, 6) is 0.732. The summed E-state index contributed by atoms with van der Waals surface area (Å²) in [6.45, 7) is 0. The van der Waals surface area contributed by atoms with Gasteiger partial charge in [0.2, 0.25) is 12.3 Å². The molecule has 1 aliphatic rings. The van der Waals surface area contributed by atoms with Crippen molar-refractivity contribution in [3.63, 3.8) is 0 Å². The minimum absolute atomic E-state index is 0.292. The zero-order valence-electron chi connectivity index (χ0n) is 17.8. The molecule has 0 aromatic heterocycles. The lowest BCUT2D eigenvalue weighted by Gasteiger charge is -2.15. The Morgan fingerprint density at radius 1 is 0.906 bits per heavy atom. The number of methoxy groups -OCH3 is 2. The molecule has 162 valence electrons. The van der Waals surface area contributed by atoms with Crippen LogP contribution in [0, 0.1) is 0 Å². The van der Waals surface area contributed by atoms with Crippen molar-refractivity contribution in [1.29, 1.82) is 0 Å². The van der Waals surface area contributed by atoms with Crippen molar-refractivity contribution >= 4 is 18.0 Å². The van der Waals surface area contributed by atoms with Crippen molar-refractivity contribution in [3.05, 3.63) is 95.6 Å². The highest BCUT2D eigenvalue weighted by atomic mass is 16.5. The zero-order chi connectivity index (χ0) is 22.5. The molecule has 0 spiro atoms. The topological polar surface area (TPSA) is 79.7 Å². The van der Waals surface area contributed by atoms with Gasteiger partial charge in [-0.1, -0.05) is 18.2 Å². The average Bonchev–Trinajstić information content (AvgIpc) is 3.14. The second-order valence-corrected chi connectivity index (χ2v) is 7.32. The first-order valence-corrected chi connectivity index (χ1v) is 10.2. The van der Waals surface area contributed by atoms with Crippen molar-refractivity contribution in [2.75, 3.05) is 14.2 Å². The number of carbonyl (C=O) groups excluding carboxylic acids is 2. The Bertz CT molecular complexity index is 1130. The van der Waals surface area contributed by atoms with Gasteiger partial charge in [0.05, 0.1) is 14.2 Å². The van der Waals surface area contributed by atoms with Gasteiger partial charge in [-0.15, -0.1) is 10.1 Å². The molecule has 2 amide bonds. The van der Waals surface area contributed by atoms with Gasteiger partial charge in [0.1, 0.15) is 11.5 Å². The van der Waals surface area contributed by atoms with Crippen molar-refractivity contribution in [2.45, 2.75) is 12.1 Å². The van der Waals surface area contributed by atoms with E-state index in [0.29, 0.717) is 17.1 Å². The molecule has 0 bridgehead atoms. The lowest BCUT2D eigenvalue weighted by Crippen LogP contribution is -2.42. The molecule has 1 heterocycles. The third-order valence-corrected chi connectivity index (χ3v) is 5.32. The van der Waals surface area contributed by atoms with Crippen LogP contribution in [0.15, 0.2) is 78.9 Å². The molecule has 1 fully saturated rings. The van der Waals surface area contributed by atoms with E-state index in [4.69, 9.17) is 9.47 Å². The van der Waals surface area contributed by atoms with Crippen LogP contribution >= 0.6 is 0 Å². The number of benzene rings is 3. The maximum atomic E-state index is 12.9. The largest absolute Gasteiger partial charge is 0.497 e. The molecule has 0 aliphatic carbocycles. The van der Waals surface area contributed by atoms with Gasteiger partial charge < -0.3 is 14.8 Å². The Balaban J connectivity index is 1.67. The van der Waals surface area contributed by atoms with E-state index in [-0.39, 0.29) is 11.8 Å². The Morgan fingerprint density at radius 2 is 1.50 bits per heavy atom. The molecule has 1 saturated heterocycles. The van der Waals surface area contributed by atoms with Gasteiger partial charge in [0, 0.05) is 16.7 Å². The molecule has 1 aliphatic heterocycles. The molecule has 0 unspecified atom stereocenters. The van der Waals surface area contributed by atoms with E-state index in [1.165, 1.54) is 0 Å². The number of hydrazine groups is 1. The van der Waals surface area contributed by atoms with E-state index in [0.717, 1.165) is 11.1 Å². The average molecular weight is 430 g/mol. The second kappa shape index (κ2) is 9.34. The van der Waals surface area contributed by atoms with E-state index >= 15 is 0 Å². The molecule has 4 rings (SSSR count). The van der Waals surface area contributed by atoms with Crippen molar-refractivity contribution < 1.29 is 23.7 Å². The van der Waals surface area contributed by atoms with Crippen molar-refractivity contribution in [2.24, 2.45) is 0 Å². The van der Waals surface area contributed by atoms with E-state index in [9.17, 15) is 9.59 Å². The number of nitrogens with zero attached hydrogens (tertiary/aromatic N) is 1. The quantitative estimate of drug-likeness (QED) is 0.590. The van der Waals surface area contributed by atoms with Crippen LogP contribution < -0.4 is 20.2 Å². The van der Waals surface area contributed by atoms with E-state index in [1.807, 2.05) is 60.8 Å². The lowest BCUT2D eigenvalue weighted by atomic mass is 9.99. The standard InChI is InChI=1S/C25H23N3O4/c1-31-20-12-8-18(9-13-20)23-22(26-24(29)19-10-14-21(32-2)15-11-19)25(30)27-28(23)16-17-6-4-3-5-7-17/h3-16,22-23H,1-2H3,(H-,26,27,29,30)/p+1/b28-16-/t22-,23-/m1/s1. The van der Waals surface area contributed by atoms with Gasteiger partial charge in [-0.2, -0.15) is 0 Å². The zero-order valence-corrected chi connectivity index (χ0v) is 17.8. The number of hydrogen-bond donors (Lipinski definition) is 2. The van der Waals surface area contributed by atoms with Gasteiger partial charge in [-0.25, -0.2) is 0 Å². The minimum atomic E-state index is -0.794. The molecule has 2 N–H and O–H groups in total. The monoisotopic (exact) mass is 430 g/mol. The van der Waals surface area contributed by atoms with Crippen LogP contribution in [0.4, 0.5) is 0 Å². The van der Waals surface area contributed by atoms with Crippen LogP contribution in [0.2, 0.25) is 0 Å². The number of hydrogen-bond acceptors (Lipinski definition) is 4. The molecule has 3 aromatic rings. The maximum Gasteiger partial charge on any atom is 0.304 e. The van der Waals surface area contributed by atoms with Gasteiger partial charge >= 0.3 is 5.91 Å². The van der Waals surface area contributed by atoms with Crippen LogP contribution in [-0.2, 0) is 4.79 Å². The molecular weight excluding hydrogens is 406 g/mol. The number of rotatable bonds is 6. The Hall–Kier alpha value is -4.13. The molecule has 0 radical (unpaired) electrons. The summed E-state index contributed by atoms with van der Waals surface area (Å²) in [6, 6.07) is 22.6. The van der Waals surface area contributed by atoms with Crippen molar-refractivity contribution in [1.82, 2.24) is 10.7 Å². The summed E-state index contributed by atoms with van der Waals surface area (Å²) in [5.41, 5.74) is 5.10. The minimum Gasteiger partial charge on any atom is -0.497 e. The number of amides is 2. The maximum absolute atomic E-state index is 12.9. The van der Waals surface area contributed by atoms with Gasteiger partial charge in [0.15, 0.2) is 6.04 Å². The van der Waals surface area contributed by atoms with Crippen LogP contribution in [0.3, 0.4) is 0 Å². The smallest absolute Gasteiger partial charge is 0.304 e. The Morgan fingerprint density at radius 3 is 2.09 bits per heavy atom. The first-order valence-electron chi connectivity index (χ1n) is 10.2. The Labute approximate surface area is 186 Å². The first kappa shape index (κ1) is 21.1. The summed E-state index contributed by atoms with van der Waals surface area (Å²) in [4.78, 5) is 25.8. The van der Waals surface area contributed by atoms with Gasteiger partial charge in [0.25, 0.3) is 5.91 Å². The van der Waals surface area contributed by atoms with E-state index in [1.54, 1.807) is 43.2 Å². The van der Waals surface area contributed by atoms with Crippen molar-refractivity contribution in [3.8, 4) is 11.5 Å². The normalized spacial score (nSPS) is 18.8. The van der Waals surface area contributed by atoms with Gasteiger partial charge in [-0.05, 0) is 60.7 Å². The molecule has 7 heteroatoms. The predicted molar refractivity (Wildman–Crippen MR) is 120 cm³/mol. The Kier molecular flexibility index (Phi) is 6.17. The second-order valence-electron chi connectivity index (χ2n) is 7.32. The molecular formula is C25H24N3O4+. The summed E-state index contributed by atoms with van der Waals surface area (Å²) in [7, 11) is 3.16. The third-order valence-electron chi connectivity index (χ3n) is 5.32. The van der Waals surface area contributed by atoms with Gasteiger partial charge in [-0.3, -0.25) is 9.59 Å². The summed E-state index contributed by atoms with van der Waals surface area (Å²) in [5, 5.41) is 2.89. The van der Waals surface area contributed by atoms with Crippen LogP contribution in [-0.4, -0.2) is 43.0 Å². The number of nitrogens with one attached hydrogen (secondary N) is 2. The molecule has 2 atom stereocenters. The third kappa shape index (κ3) is 4.46. The summed E-state index contributed by atoms with van der Waals surface area (Å²) < 4.78 is 12.1. The molecule has 0 saturated carbocycles. The van der Waals surface area contributed by atoms with E-state index < -0.39 is 12.1 Å². The fourth-order valence-corrected chi connectivity index (χ4v) is 3.65. The molecule has 3 aromatic carbocycles. The SMILES string of the molecule is COc1ccc(C(=O)N[C@H]2C(=O)N/[N+](=C\c3ccccc3)[C@@H]2c2ccc(OC)cc2)cc1. The fourth-order valence-electron chi connectivity index (χ4n) is 3.65. The lowest BCUT2D eigenvalue weighted by molar-refractivity contribution is -0.596. The van der Waals surface area contributed by atoms with Crippen LogP contribution in [0.1, 0.15) is 27.5 Å². The molecule has 32 heavy (non-hydrogen) atoms.